The number of sulfone groups is 1. The Balaban J connectivity index is 1.55. The van der Waals surface area contributed by atoms with E-state index in [1.165, 1.54) is 0 Å². The van der Waals surface area contributed by atoms with Gasteiger partial charge in [0.15, 0.2) is 9.84 Å². The highest BCUT2D eigenvalue weighted by molar-refractivity contribution is 7.91. The first-order chi connectivity index (χ1) is 11.5. The molecule has 7 heteroatoms. The van der Waals surface area contributed by atoms with Gasteiger partial charge in [-0.1, -0.05) is 30.3 Å². The van der Waals surface area contributed by atoms with Crippen LogP contribution in [0.2, 0.25) is 0 Å². The lowest BCUT2D eigenvalue weighted by molar-refractivity contribution is -0.132. The van der Waals surface area contributed by atoms with Crippen molar-refractivity contribution in [2.24, 2.45) is 0 Å². The van der Waals surface area contributed by atoms with E-state index < -0.39 is 9.84 Å². The summed E-state index contributed by atoms with van der Waals surface area (Å²) in [5.41, 5.74) is 0.815. The van der Waals surface area contributed by atoms with Gasteiger partial charge in [0.05, 0.1) is 11.0 Å². The predicted molar refractivity (Wildman–Crippen MR) is 90.9 cm³/mol. The third-order valence-corrected chi connectivity index (χ3v) is 6.59. The fourth-order valence-electron chi connectivity index (χ4n) is 3.02. The van der Waals surface area contributed by atoms with Crippen LogP contribution >= 0.6 is 0 Å². The van der Waals surface area contributed by atoms with Crippen LogP contribution in [0.1, 0.15) is 18.4 Å². The molecule has 1 aliphatic heterocycles. The van der Waals surface area contributed by atoms with Crippen molar-refractivity contribution in [3.05, 3.63) is 54.4 Å². The van der Waals surface area contributed by atoms with Crippen molar-refractivity contribution in [1.29, 1.82) is 0 Å². The number of carbonyl (C=O) groups is 1. The zero-order valence-corrected chi connectivity index (χ0v) is 14.2. The molecular weight excluding hydrogens is 326 g/mol. The van der Waals surface area contributed by atoms with Crippen molar-refractivity contribution in [2.45, 2.75) is 30.4 Å². The molecule has 0 saturated carbocycles. The van der Waals surface area contributed by atoms with E-state index in [0.29, 0.717) is 25.9 Å². The van der Waals surface area contributed by atoms with Crippen LogP contribution in [0.3, 0.4) is 0 Å². The summed E-state index contributed by atoms with van der Waals surface area (Å²) in [6.07, 6.45) is 4.38. The lowest BCUT2D eigenvalue weighted by Crippen LogP contribution is -2.44. The monoisotopic (exact) mass is 347 g/mol. The molecule has 1 aromatic carbocycles. The number of hydrogen-bond donors (Lipinski definition) is 0. The molecule has 128 valence electrons. The summed E-state index contributed by atoms with van der Waals surface area (Å²) in [6, 6.07) is 11.0. The van der Waals surface area contributed by atoms with Gasteiger partial charge in [-0.2, -0.15) is 5.10 Å². The number of piperidine rings is 1. The maximum Gasteiger partial charge on any atom is 0.244 e. The number of likely N-dealkylation sites (tertiary alicyclic amines) is 1. The molecule has 1 saturated heterocycles. The van der Waals surface area contributed by atoms with Crippen molar-refractivity contribution < 1.29 is 13.2 Å². The van der Waals surface area contributed by atoms with E-state index in [9.17, 15) is 13.2 Å². The highest BCUT2D eigenvalue weighted by Gasteiger charge is 2.31. The average Bonchev–Trinajstić information content (AvgIpc) is 3.08. The number of hydrogen-bond acceptors (Lipinski definition) is 4. The van der Waals surface area contributed by atoms with Crippen LogP contribution < -0.4 is 0 Å². The van der Waals surface area contributed by atoms with Gasteiger partial charge in [-0.25, -0.2) is 8.42 Å². The molecular formula is C17H21N3O3S. The van der Waals surface area contributed by atoms with Gasteiger partial charge in [0, 0.05) is 25.5 Å². The van der Waals surface area contributed by atoms with E-state index in [4.69, 9.17) is 0 Å². The number of carbonyl (C=O) groups excluding carboxylic acids is 1. The molecule has 1 amide bonds. The summed E-state index contributed by atoms with van der Waals surface area (Å²) in [5, 5.41) is 3.66. The van der Waals surface area contributed by atoms with Gasteiger partial charge in [0.2, 0.25) is 5.91 Å². The lowest BCUT2D eigenvalue weighted by atomic mass is 10.1. The van der Waals surface area contributed by atoms with Crippen molar-refractivity contribution in [3.63, 3.8) is 0 Å². The van der Waals surface area contributed by atoms with Crippen LogP contribution in [0.25, 0.3) is 0 Å². The summed E-state index contributed by atoms with van der Waals surface area (Å²) in [5.74, 6) is 0.0531. The highest BCUT2D eigenvalue weighted by atomic mass is 32.2. The van der Waals surface area contributed by atoms with Crippen molar-refractivity contribution >= 4 is 15.7 Å². The molecule has 0 radical (unpaired) electrons. The molecule has 0 aliphatic carbocycles. The maximum atomic E-state index is 12.6. The van der Waals surface area contributed by atoms with E-state index in [2.05, 4.69) is 5.10 Å². The van der Waals surface area contributed by atoms with E-state index in [-0.39, 0.29) is 23.5 Å². The molecule has 6 nitrogen and oxygen atoms in total. The summed E-state index contributed by atoms with van der Waals surface area (Å²) in [7, 11) is -3.19. The third-order valence-electron chi connectivity index (χ3n) is 4.37. The Hall–Kier alpha value is -2.15. The van der Waals surface area contributed by atoms with Crippen molar-refractivity contribution in [2.75, 3.05) is 13.1 Å². The highest BCUT2D eigenvalue weighted by Crippen LogP contribution is 2.21. The van der Waals surface area contributed by atoms with Crippen molar-refractivity contribution in [3.8, 4) is 0 Å². The zero-order valence-electron chi connectivity index (χ0n) is 13.4. The topological polar surface area (TPSA) is 72.3 Å². The van der Waals surface area contributed by atoms with Gasteiger partial charge in [-0.3, -0.25) is 9.48 Å². The molecule has 0 spiro atoms. The molecule has 2 aromatic rings. The van der Waals surface area contributed by atoms with Crippen LogP contribution in [-0.4, -0.2) is 47.3 Å². The Kier molecular flexibility index (Phi) is 4.99. The Bertz CT molecular complexity index is 765. The molecule has 1 aliphatic rings. The fraction of sp³-hybridized carbons (Fsp3) is 0.412. The van der Waals surface area contributed by atoms with Crippen LogP contribution in [0.15, 0.2) is 48.8 Å². The first-order valence-corrected chi connectivity index (χ1v) is 9.77. The Morgan fingerprint density at radius 3 is 2.46 bits per heavy atom. The van der Waals surface area contributed by atoms with Crippen LogP contribution in [0.4, 0.5) is 0 Å². The first-order valence-electron chi connectivity index (χ1n) is 8.05. The molecule has 1 aromatic heterocycles. The minimum atomic E-state index is -3.19. The average molecular weight is 347 g/mol. The molecule has 0 atom stereocenters. The summed E-state index contributed by atoms with van der Waals surface area (Å²) in [6.45, 7) is 1.17. The van der Waals surface area contributed by atoms with Gasteiger partial charge in [-0.15, -0.1) is 0 Å². The van der Waals surface area contributed by atoms with E-state index in [0.717, 1.165) is 5.56 Å². The molecule has 0 unspecified atom stereocenters. The number of amides is 1. The molecule has 2 heterocycles. The Labute approximate surface area is 142 Å². The summed E-state index contributed by atoms with van der Waals surface area (Å²) >= 11 is 0. The smallest absolute Gasteiger partial charge is 0.244 e. The quantitative estimate of drug-likeness (QED) is 0.821. The van der Waals surface area contributed by atoms with E-state index in [1.807, 2.05) is 30.3 Å². The predicted octanol–water partition coefficient (Wildman–Crippen LogP) is 1.49. The second kappa shape index (κ2) is 7.17. The molecule has 1 fully saturated rings. The maximum absolute atomic E-state index is 12.6. The first kappa shape index (κ1) is 16.7. The minimum Gasteiger partial charge on any atom is -0.341 e. The van der Waals surface area contributed by atoms with Crippen molar-refractivity contribution in [1.82, 2.24) is 14.7 Å². The second-order valence-electron chi connectivity index (χ2n) is 6.08. The van der Waals surface area contributed by atoms with Crippen LogP contribution in [-0.2, 0) is 26.9 Å². The van der Waals surface area contributed by atoms with Gasteiger partial charge in [0.25, 0.3) is 0 Å². The largest absolute Gasteiger partial charge is 0.341 e. The Morgan fingerprint density at radius 2 is 1.83 bits per heavy atom. The normalized spacial score (nSPS) is 16.2. The minimum absolute atomic E-state index is 0.0161. The standard InChI is InChI=1S/C17H21N3O3S/c21-17(13-20-10-4-9-18-20)19-11-7-16(8-12-19)24(22,23)14-15-5-2-1-3-6-15/h1-6,9-10,16H,7-8,11-14H2. The lowest BCUT2D eigenvalue weighted by Gasteiger charge is -2.31. The number of benzene rings is 1. The molecule has 0 bridgehead atoms. The number of nitrogens with zero attached hydrogens (tertiary/aromatic N) is 3. The number of rotatable bonds is 5. The Morgan fingerprint density at radius 1 is 1.12 bits per heavy atom. The van der Waals surface area contributed by atoms with Gasteiger partial charge in [0.1, 0.15) is 6.54 Å². The summed E-state index contributed by atoms with van der Waals surface area (Å²) in [4.78, 5) is 14.0. The van der Waals surface area contributed by atoms with Gasteiger partial charge >= 0.3 is 0 Å². The zero-order chi connectivity index (χ0) is 17.0. The third kappa shape index (κ3) is 4.03. The molecule has 0 N–H and O–H groups in total. The van der Waals surface area contributed by atoms with E-state index in [1.54, 1.807) is 28.0 Å². The number of aromatic nitrogens is 2. The van der Waals surface area contributed by atoms with E-state index >= 15 is 0 Å². The van der Waals surface area contributed by atoms with Crippen LogP contribution in [0.5, 0.6) is 0 Å². The molecule has 24 heavy (non-hydrogen) atoms. The summed E-state index contributed by atoms with van der Waals surface area (Å²) < 4.78 is 26.7. The second-order valence-corrected chi connectivity index (χ2v) is 8.36. The van der Waals surface area contributed by atoms with Crippen LogP contribution in [0, 0.1) is 0 Å². The SMILES string of the molecule is O=C(Cn1cccn1)N1CCC(S(=O)(=O)Cc2ccccc2)CC1. The van der Waals surface area contributed by atoms with Gasteiger partial charge < -0.3 is 4.90 Å². The molecule has 3 rings (SSSR count). The van der Waals surface area contributed by atoms with Gasteiger partial charge in [-0.05, 0) is 24.5 Å². The fourth-order valence-corrected chi connectivity index (χ4v) is 4.84.